The molecule has 2 N–H and O–H groups in total. The Morgan fingerprint density at radius 3 is 2.54 bits per heavy atom. The SMILES string of the molecule is Cc1nc(CNC(=O)N2CCN(c3ccc(O)cc3)CC2)nc2c1CCCC2. The Morgan fingerprint density at radius 2 is 1.79 bits per heavy atom. The smallest absolute Gasteiger partial charge is 0.317 e. The molecule has 7 heteroatoms. The Labute approximate surface area is 165 Å². The molecule has 2 amide bonds. The minimum absolute atomic E-state index is 0.0654. The van der Waals surface area contributed by atoms with E-state index < -0.39 is 0 Å². The first-order chi connectivity index (χ1) is 13.6. The van der Waals surface area contributed by atoms with Crippen LogP contribution < -0.4 is 10.2 Å². The van der Waals surface area contributed by atoms with Crippen molar-refractivity contribution in [3.63, 3.8) is 0 Å². The summed E-state index contributed by atoms with van der Waals surface area (Å²) in [5.41, 5.74) is 4.57. The molecule has 2 aromatic rings. The zero-order valence-electron chi connectivity index (χ0n) is 16.3. The van der Waals surface area contributed by atoms with E-state index in [4.69, 9.17) is 0 Å². The number of fused-ring (bicyclic) bond motifs is 1. The van der Waals surface area contributed by atoms with E-state index in [0.29, 0.717) is 25.5 Å². The highest BCUT2D eigenvalue weighted by atomic mass is 16.3. The summed E-state index contributed by atoms with van der Waals surface area (Å²) in [7, 11) is 0. The summed E-state index contributed by atoms with van der Waals surface area (Å²) < 4.78 is 0. The average Bonchev–Trinajstić information content (AvgIpc) is 2.73. The summed E-state index contributed by atoms with van der Waals surface area (Å²) in [5.74, 6) is 0.968. The first kappa shape index (κ1) is 18.5. The number of aromatic nitrogens is 2. The highest BCUT2D eigenvalue weighted by molar-refractivity contribution is 5.74. The van der Waals surface area contributed by atoms with Gasteiger partial charge in [0.2, 0.25) is 0 Å². The maximum Gasteiger partial charge on any atom is 0.317 e. The molecule has 1 aromatic heterocycles. The quantitative estimate of drug-likeness (QED) is 0.853. The zero-order chi connectivity index (χ0) is 19.5. The van der Waals surface area contributed by atoms with Gasteiger partial charge in [-0.1, -0.05) is 0 Å². The maximum absolute atomic E-state index is 12.5. The standard InChI is InChI=1S/C21H27N5O2/c1-15-18-4-2-3-5-19(18)24-20(23-15)14-22-21(28)26-12-10-25(11-13-26)16-6-8-17(27)9-7-16/h6-9,27H,2-5,10-14H2,1H3,(H,22,28). The number of nitrogens with zero attached hydrogens (tertiary/aromatic N) is 4. The molecule has 0 radical (unpaired) electrons. The van der Waals surface area contributed by atoms with Gasteiger partial charge in [0.15, 0.2) is 0 Å². The Morgan fingerprint density at radius 1 is 1.07 bits per heavy atom. The van der Waals surface area contributed by atoms with E-state index in [0.717, 1.165) is 43.0 Å². The number of rotatable bonds is 3. The van der Waals surface area contributed by atoms with E-state index in [-0.39, 0.29) is 11.8 Å². The molecule has 4 rings (SSSR count). The van der Waals surface area contributed by atoms with Crippen LogP contribution in [0.15, 0.2) is 24.3 Å². The largest absolute Gasteiger partial charge is 0.508 e. The lowest BCUT2D eigenvalue weighted by Crippen LogP contribution is -2.51. The van der Waals surface area contributed by atoms with Crippen LogP contribution in [0.1, 0.15) is 35.6 Å². The fraction of sp³-hybridized carbons (Fsp3) is 0.476. The van der Waals surface area contributed by atoms with Crippen LogP contribution in [0.2, 0.25) is 0 Å². The van der Waals surface area contributed by atoms with Gasteiger partial charge in [0.1, 0.15) is 11.6 Å². The molecule has 1 aliphatic carbocycles. The Kier molecular flexibility index (Phi) is 5.32. The molecule has 0 bridgehead atoms. The van der Waals surface area contributed by atoms with Gasteiger partial charge >= 0.3 is 6.03 Å². The summed E-state index contributed by atoms with van der Waals surface area (Å²) in [6.45, 7) is 5.28. The Hall–Kier alpha value is -2.83. The molecule has 7 nitrogen and oxygen atoms in total. The Bertz CT molecular complexity index is 845. The van der Waals surface area contributed by atoms with Crippen molar-refractivity contribution in [3.05, 3.63) is 47.0 Å². The number of piperazine rings is 1. The van der Waals surface area contributed by atoms with Crippen LogP contribution in [0.25, 0.3) is 0 Å². The summed E-state index contributed by atoms with van der Waals surface area (Å²) in [6.07, 6.45) is 4.47. The molecule has 1 aromatic carbocycles. The molecule has 28 heavy (non-hydrogen) atoms. The number of hydrogen-bond donors (Lipinski definition) is 2. The fourth-order valence-electron chi connectivity index (χ4n) is 4.02. The normalized spacial score (nSPS) is 16.6. The third-order valence-corrected chi connectivity index (χ3v) is 5.62. The topological polar surface area (TPSA) is 81.6 Å². The lowest BCUT2D eigenvalue weighted by molar-refractivity contribution is 0.193. The van der Waals surface area contributed by atoms with Crippen LogP contribution in [0, 0.1) is 6.92 Å². The van der Waals surface area contributed by atoms with E-state index in [1.165, 1.54) is 18.4 Å². The third-order valence-electron chi connectivity index (χ3n) is 5.62. The van der Waals surface area contributed by atoms with Gasteiger partial charge in [-0.15, -0.1) is 0 Å². The van der Waals surface area contributed by atoms with Crippen LogP contribution >= 0.6 is 0 Å². The van der Waals surface area contributed by atoms with Gasteiger partial charge in [0.05, 0.1) is 6.54 Å². The second kappa shape index (κ2) is 8.04. The summed E-state index contributed by atoms with van der Waals surface area (Å²) >= 11 is 0. The van der Waals surface area contributed by atoms with Crippen LogP contribution in [-0.2, 0) is 19.4 Å². The summed E-state index contributed by atoms with van der Waals surface area (Å²) in [4.78, 5) is 25.9. The molecule has 0 saturated carbocycles. The molecule has 2 aliphatic rings. The van der Waals surface area contributed by atoms with Gasteiger partial charge in [-0.3, -0.25) is 0 Å². The second-order valence-corrected chi connectivity index (χ2v) is 7.51. The molecular weight excluding hydrogens is 354 g/mol. The highest BCUT2D eigenvalue weighted by Gasteiger charge is 2.22. The van der Waals surface area contributed by atoms with Crippen molar-refractivity contribution in [1.29, 1.82) is 0 Å². The number of amides is 2. The lowest BCUT2D eigenvalue weighted by atomic mass is 9.95. The van der Waals surface area contributed by atoms with Gasteiger partial charge in [0, 0.05) is 43.3 Å². The van der Waals surface area contributed by atoms with Gasteiger partial charge < -0.3 is 20.2 Å². The minimum atomic E-state index is -0.0654. The van der Waals surface area contributed by atoms with Gasteiger partial charge in [-0.25, -0.2) is 14.8 Å². The molecule has 2 heterocycles. The van der Waals surface area contributed by atoms with Crippen molar-refractivity contribution in [2.75, 3.05) is 31.1 Å². The first-order valence-corrected chi connectivity index (χ1v) is 10.0. The maximum atomic E-state index is 12.5. The lowest BCUT2D eigenvalue weighted by Gasteiger charge is -2.36. The summed E-state index contributed by atoms with van der Waals surface area (Å²) in [5, 5.41) is 12.4. The van der Waals surface area contributed by atoms with E-state index in [2.05, 4.69) is 20.2 Å². The van der Waals surface area contributed by atoms with Crippen molar-refractivity contribution in [3.8, 4) is 5.75 Å². The second-order valence-electron chi connectivity index (χ2n) is 7.51. The van der Waals surface area contributed by atoms with Crippen LogP contribution in [0.4, 0.5) is 10.5 Å². The number of benzene rings is 1. The van der Waals surface area contributed by atoms with Crippen LogP contribution in [0.5, 0.6) is 5.75 Å². The number of carbonyl (C=O) groups is 1. The first-order valence-electron chi connectivity index (χ1n) is 10.0. The monoisotopic (exact) mass is 381 g/mol. The molecule has 0 unspecified atom stereocenters. The number of carbonyl (C=O) groups excluding carboxylic acids is 1. The van der Waals surface area contributed by atoms with E-state index in [1.807, 2.05) is 24.0 Å². The molecular formula is C21H27N5O2. The summed E-state index contributed by atoms with van der Waals surface area (Å²) in [6, 6.07) is 7.12. The molecule has 148 valence electrons. The number of anilines is 1. The van der Waals surface area contributed by atoms with E-state index >= 15 is 0 Å². The Balaban J connectivity index is 1.30. The van der Waals surface area contributed by atoms with Gasteiger partial charge in [-0.2, -0.15) is 0 Å². The number of aryl methyl sites for hydroxylation is 2. The number of nitrogens with one attached hydrogen (secondary N) is 1. The van der Waals surface area contributed by atoms with Gasteiger partial charge in [0.25, 0.3) is 0 Å². The van der Waals surface area contributed by atoms with Gasteiger partial charge in [-0.05, 0) is 62.4 Å². The number of phenols is 1. The molecule has 1 aliphatic heterocycles. The predicted octanol–water partition coefficient (Wildman–Crippen LogP) is 2.40. The van der Waals surface area contributed by atoms with Crippen molar-refractivity contribution < 1.29 is 9.90 Å². The van der Waals surface area contributed by atoms with E-state index in [9.17, 15) is 9.90 Å². The predicted molar refractivity (Wildman–Crippen MR) is 108 cm³/mol. The van der Waals surface area contributed by atoms with Crippen molar-refractivity contribution in [1.82, 2.24) is 20.2 Å². The zero-order valence-corrected chi connectivity index (χ0v) is 16.3. The minimum Gasteiger partial charge on any atom is -0.508 e. The molecule has 1 fully saturated rings. The number of phenolic OH excluding ortho intramolecular Hbond substituents is 1. The highest BCUT2D eigenvalue weighted by Crippen LogP contribution is 2.22. The van der Waals surface area contributed by atoms with Crippen molar-refractivity contribution >= 4 is 11.7 Å². The van der Waals surface area contributed by atoms with Crippen molar-refractivity contribution in [2.45, 2.75) is 39.2 Å². The van der Waals surface area contributed by atoms with Crippen LogP contribution in [-0.4, -0.2) is 52.2 Å². The molecule has 0 spiro atoms. The third kappa shape index (κ3) is 4.03. The average molecular weight is 381 g/mol. The van der Waals surface area contributed by atoms with E-state index in [1.54, 1.807) is 12.1 Å². The number of hydrogen-bond acceptors (Lipinski definition) is 5. The molecule has 0 atom stereocenters. The fourth-order valence-corrected chi connectivity index (χ4v) is 4.02. The number of urea groups is 1. The van der Waals surface area contributed by atoms with Crippen LogP contribution in [0.3, 0.4) is 0 Å². The molecule has 1 saturated heterocycles. The number of aromatic hydroxyl groups is 1. The van der Waals surface area contributed by atoms with Crippen molar-refractivity contribution in [2.24, 2.45) is 0 Å².